The minimum absolute atomic E-state index is 0.0267. The standard InChI is InChI=1S/C23H26N2O2/c1-22(2,3)25-14-11-16-15-18(7-10-20(16)25)24-21(26)23(12-13-23)17-5-8-19(27-4)9-6-17/h5-11,14-15H,12-13H2,1-4H3,(H,24,26). The van der Waals surface area contributed by atoms with Crippen LogP contribution in [-0.4, -0.2) is 17.6 Å². The fraction of sp³-hybridized carbons (Fsp3) is 0.348. The molecule has 27 heavy (non-hydrogen) atoms. The highest BCUT2D eigenvalue weighted by Crippen LogP contribution is 2.49. The summed E-state index contributed by atoms with van der Waals surface area (Å²) in [5.74, 6) is 0.881. The number of methoxy groups -OCH3 is 1. The zero-order valence-corrected chi connectivity index (χ0v) is 16.4. The van der Waals surface area contributed by atoms with E-state index < -0.39 is 5.41 Å². The van der Waals surface area contributed by atoms with Crippen LogP contribution in [0, 0.1) is 0 Å². The second-order valence-electron chi connectivity index (χ2n) is 8.39. The lowest BCUT2D eigenvalue weighted by molar-refractivity contribution is -0.118. The van der Waals surface area contributed by atoms with Gasteiger partial charge >= 0.3 is 0 Å². The molecule has 1 saturated carbocycles. The number of nitrogens with one attached hydrogen (secondary N) is 1. The van der Waals surface area contributed by atoms with Crippen molar-refractivity contribution in [3.63, 3.8) is 0 Å². The first kappa shape index (κ1) is 17.7. The number of fused-ring (bicyclic) bond motifs is 1. The van der Waals surface area contributed by atoms with E-state index in [1.54, 1.807) is 7.11 Å². The quantitative estimate of drug-likeness (QED) is 0.704. The molecule has 0 saturated heterocycles. The Kier molecular flexibility index (Phi) is 4.02. The number of hydrogen-bond donors (Lipinski definition) is 1. The van der Waals surface area contributed by atoms with Crippen LogP contribution in [0.5, 0.6) is 5.75 Å². The van der Waals surface area contributed by atoms with Crippen molar-refractivity contribution in [2.45, 2.75) is 44.6 Å². The molecule has 1 aromatic heterocycles. The lowest BCUT2D eigenvalue weighted by atomic mass is 9.94. The summed E-state index contributed by atoms with van der Waals surface area (Å²) in [6.45, 7) is 6.56. The van der Waals surface area contributed by atoms with Crippen LogP contribution in [0.1, 0.15) is 39.2 Å². The molecule has 0 spiro atoms. The second-order valence-corrected chi connectivity index (χ2v) is 8.39. The van der Waals surface area contributed by atoms with Gasteiger partial charge in [0.25, 0.3) is 0 Å². The number of benzene rings is 2. The molecule has 1 amide bonds. The van der Waals surface area contributed by atoms with Gasteiger partial charge in [-0.15, -0.1) is 0 Å². The molecule has 0 unspecified atom stereocenters. The van der Waals surface area contributed by atoms with E-state index in [1.807, 2.05) is 30.3 Å². The van der Waals surface area contributed by atoms with Crippen LogP contribution >= 0.6 is 0 Å². The number of ether oxygens (including phenoxy) is 1. The molecule has 1 aliphatic rings. The zero-order valence-electron chi connectivity index (χ0n) is 16.4. The number of hydrogen-bond acceptors (Lipinski definition) is 2. The van der Waals surface area contributed by atoms with Gasteiger partial charge in [-0.25, -0.2) is 0 Å². The molecule has 0 atom stereocenters. The van der Waals surface area contributed by atoms with Gasteiger partial charge in [-0.05, 0) is 75.6 Å². The van der Waals surface area contributed by atoms with Crippen molar-refractivity contribution < 1.29 is 9.53 Å². The number of rotatable bonds is 4. The first-order valence-electron chi connectivity index (χ1n) is 9.41. The van der Waals surface area contributed by atoms with Crippen LogP contribution in [0.15, 0.2) is 54.7 Å². The molecule has 1 heterocycles. The Morgan fingerprint density at radius 3 is 2.37 bits per heavy atom. The number of carbonyl (C=O) groups is 1. The summed E-state index contributed by atoms with van der Waals surface area (Å²) in [7, 11) is 1.65. The smallest absolute Gasteiger partial charge is 0.235 e. The van der Waals surface area contributed by atoms with Crippen molar-refractivity contribution in [2.75, 3.05) is 12.4 Å². The number of carbonyl (C=O) groups excluding carboxylic acids is 1. The minimum Gasteiger partial charge on any atom is -0.497 e. The number of anilines is 1. The van der Waals surface area contributed by atoms with Crippen molar-refractivity contribution in [1.29, 1.82) is 0 Å². The van der Waals surface area contributed by atoms with Crippen LogP contribution in [0.4, 0.5) is 5.69 Å². The first-order valence-corrected chi connectivity index (χ1v) is 9.41. The molecule has 4 rings (SSSR count). The molecule has 0 bridgehead atoms. The normalized spacial score (nSPS) is 15.6. The number of nitrogens with zero attached hydrogens (tertiary/aromatic N) is 1. The molecule has 4 heteroatoms. The average Bonchev–Trinajstić information content (AvgIpc) is 3.34. The molecular formula is C23H26N2O2. The van der Waals surface area contributed by atoms with Gasteiger partial charge in [-0.3, -0.25) is 4.79 Å². The molecule has 1 aliphatic carbocycles. The van der Waals surface area contributed by atoms with Crippen LogP contribution in [0.3, 0.4) is 0 Å². The highest BCUT2D eigenvalue weighted by atomic mass is 16.5. The largest absolute Gasteiger partial charge is 0.497 e. The lowest BCUT2D eigenvalue weighted by Gasteiger charge is -2.22. The van der Waals surface area contributed by atoms with E-state index in [0.717, 1.165) is 35.2 Å². The number of amides is 1. The van der Waals surface area contributed by atoms with E-state index in [9.17, 15) is 4.79 Å². The molecule has 1 fully saturated rings. The van der Waals surface area contributed by atoms with Crippen molar-refractivity contribution in [3.05, 3.63) is 60.3 Å². The number of aromatic nitrogens is 1. The molecule has 3 aromatic rings. The van der Waals surface area contributed by atoms with E-state index in [0.29, 0.717) is 0 Å². The Morgan fingerprint density at radius 2 is 1.78 bits per heavy atom. The lowest BCUT2D eigenvalue weighted by Crippen LogP contribution is -2.27. The Labute approximate surface area is 160 Å². The Morgan fingerprint density at radius 1 is 1.07 bits per heavy atom. The van der Waals surface area contributed by atoms with Gasteiger partial charge in [0.1, 0.15) is 5.75 Å². The Balaban J connectivity index is 1.57. The molecule has 140 valence electrons. The maximum Gasteiger partial charge on any atom is 0.235 e. The monoisotopic (exact) mass is 362 g/mol. The van der Waals surface area contributed by atoms with Gasteiger partial charge in [0.2, 0.25) is 5.91 Å². The summed E-state index contributed by atoms with van der Waals surface area (Å²) in [5, 5.41) is 4.27. The topological polar surface area (TPSA) is 43.3 Å². The summed E-state index contributed by atoms with van der Waals surface area (Å²) < 4.78 is 7.48. The van der Waals surface area contributed by atoms with Crippen LogP contribution in [0.25, 0.3) is 10.9 Å². The predicted molar refractivity (Wildman–Crippen MR) is 109 cm³/mol. The third-order valence-electron chi connectivity index (χ3n) is 5.50. The molecular weight excluding hydrogens is 336 g/mol. The predicted octanol–water partition coefficient (Wildman–Crippen LogP) is 5.08. The van der Waals surface area contributed by atoms with Gasteiger partial charge in [0.05, 0.1) is 12.5 Å². The molecule has 0 aliphatic heterocycles. The van der Waals surface area contributed by atoms with E-state index in [1.165, 1.54) is 5.52 Å². The van der Waals surface area contributed by atoms with Gasteiger partial charge in [0, 0.05) is 28.3 Å². The summed E-state index contributed by atoms with van der Waals surface area (Å²) in [5.41, 5.74) is 2.70. The molecule has 4 nitrogen and oxygen atoms in total. The van der Waals surface area contributed by atoms with Gasteiger partial charge in [-0.1, -0.05) is 12.1 Å². The zero-order chi connectivity index (χ0) is 19.2. The van der Waals surface area contributed by atoms with Crippen LogP contribution in [0.2, 0.25) is 0 Å². The highest BCUT2D eigenvalue weighted by molar-refractivity contribution is 6.02. The SMILES string of the molecule is COc1ccc(C2(C(=O)Nc3ccc4c(ccn4C(C)(C)C)c3)CC2)cc1. The van der Waals surface area contributed by atoms with Crippen LogP contribution in [-0.2, 0) is 15.7 Å². The van der Waals surface area contributed by atoms with Crippen molar-refractivity contribution in [1.82, 2.24) is 4.57 Å². The fourth-order valence-corrected chi connectivity index (χ4v) is 3.74. The van der Waals surface area contributed by atoms with Crippen molar-refractivity contribution >= 4 is 22.5 Å². The second kappa shape index (κ2) is 6.15. The Hall–Kier alpha value is -2.75. The maximum atomic E-state index is 13.0. The average molecular weight is 362 g/mol. The van der Waals surface area contributed by atoms with Gasteiger partial charge < -0.3 is 14.6 Å². The Bertz CT molecular complexity index is 989. The summed E-state index contributed by atoms with van der Waals surface area (Å²) in [4.78, 5) is 13.0. The molecule has 0 radical (unpaired) electrons. The van der Waals surface area contributed by atoms with Gasteiger partial charge in [-0.2, -0.15) is 0 Å². The van der Waals surface area contributed by atoms with E-state index >= 15 is 0 Å². The van der Waals surface area contributed by atoms with Crippen molar-refractivity contribution in [3.8, 4) is 5.75 Å². The third-order valence-corrected chi connectivity index (χ3v) is 5.50. The third kappa shape index (κ3) is 3.09. The summed E-state index contributed by atoms with van der Waals surface area (Å²) >= 11 is 0. The summed E-state index contributed by atoms with van der Waals surface area (Å²) in [6.07, 6.45) is 3.87. The summed E-state index contributed by atoms with van der Waals surface area (Å²) in [6, 6.07) is 16.1. The highest BCUT2D eigenvalue weighted by Gasteiger charge is 2.51. The maximum absolute atomic E-state index is 13.0. The minimum atomic E-state index is -0.404. The first-order chi connectivity index (χ1) is 12.8. The molecule has 1 N–H and O–H groups in total. The van der Waals surface area contributed by atoms with Crippen LogP contribution < -0.4 is 10.1 Å². The fourth-order valence-electron chi connectivity index (χ4n) is 3.74. The molecule has 2 aromatic carbocycles. The van der Waals surface area contributed by atoms with E-state index in [2.05, 4.69) is 55.1 Å². The van der Waals surface area contributed by atoms with E-state index in [-0.39, 0.29) is 11.4 Å². The van der Waals surface area contributed by atoms with E-state index in [4.69, 9.17) is 4.74 Å². The van der Waals surface area contributed by atoms with Crippen molar-refractivity contribution in [2.24, 2.45) is 0 Å². The van der Waals surface area contributed by atoms with Gasteiger partial charge in [0.15, 0.2) is 0 Å².